The van der Waals surface area contributed by atoms with Crippen molar-refractivity contribution in [2.45, 2.75) is 19.5 Å². The summed E-state index contributed by atoms with van der Waals surface area (Å²) in [4.78, 5) is 11.4. The Labute approximate surface area is 84.2 Å². The first-order valence-electron chi connectivity index (χ1n) is 4.23. The number of halogens is 3. The zero-order valence-corrected chi connectivity index (χ0v) is 8.40. The molecule has 1 aromatic rings. The summed E-state index contributed by atoms with van der Waals surface area (Å²) in [6.07, 6.45) is -4.60. The van der Waals surface area contributed by atoms with Crippen LogP contribution in [0.1, 0.15) is 18.2 Å². The van der Waals surface area contributed by atoms with Gasteiger partial charge in [0.2, 0.25) is 0 Å². The molecule has 0 spiro atoms. The molecule has 0 aliphatic rings. The van der Waals surface area contributed by atoms with E-state index in [-0.39, 0.29) is 12.0 Å². The average Bonchev–Trinajstić information content (AvgIpc) is 2.30. The van der Waals surface area contributed by atoms with Crippen molar-refractivity contribution in [3.05, 3.63) is 33.8 Å². The fourth-order valence-corrected chi connectivity index (χ4v) is 1.30. The number of rotatable bonds is 2. The molecule has 0 aliphatic carbocycles. The fourth-order valence-electron chi connectivity index (χ4n) is 1.30. The number of aromatic amines is 1. The predicted octanol–water partition coefficient (Wildman–Crippen LogP) is 1.85. The standard InChI is InChI=1S/C9H11F3N2O/c1-5(2)4-6-7(9(10,11)12)13-14(3)8(6)15/h13H,1,4H2,2-3H3. The van der Waals surface area contributed by atoms with E-state index >= 15 is 0 Å². The Morgan fingerprint density at radius 1 is 1.53 bits per heavy atom. The van der Waals surface area contributed by atoms with Crippen molar-refractivity contribution in [3.63, 3.8) is 0 Å². The van der Waals surface area contributed by atoms with Crippen LogP contribution < -0.4 is 5.56 Å². The molecule has 0 saturated heterocycles. The second kappa shape index (κ2) is 3.60. The largest absolute Gasteiger partial charge is 0.433 e. The van der Waals surface area contributed by atoms with Gasteiger partial charge in [-0.3, -0.25) is 14.6 Å². The van der Waals surface area contributed by atoms with Crippen LogP contribution in [0.3, 0.4) is 0 Å². The molecule has 0 atom stereocenters. The molecule has 3 nitrogen and oxygen atoms in total. The lowest BCUT2D eigenvalue weighted by Gasteiger charge is -2.05. The SMILES string of the molecule is C=C(C)Cc1c(C(F)(F)F)[nH]n(C)c1=O. The van der Waals surface area contributed by atoms with Gasteiger partial charge in [0.15, 0.2) is 0 Å². The van der Waals surface area contributed by atoms with Crippen molar-refractivity contribution in [3.8, 4) is 0 Å². The van der Waals surface area contributed by atoms with Gasteiger partial charge >= 0.3 is 6.18 Å². The van der Waals surface area contributed by atoms with Gasteiger partial charge in [-0.25, -0.2) is 0 Å². The average molecular weight is 220 g/mol. The predicted molar refractivity (Wildman–Crippen MR) is 49.6 cm³/mol. The van der Waals surface area contributed by atoms with Crippen molar-refractivity contribution < 1.29 is 13.2 Å². The van der Waals surface area contributed by atoms with Gasteiger partial charge in [-0.2, -0.15) is 13.2 Å². The molecule has 0 amide bonds. The van der Waals surface area contributed by atoms with E-state index < -0.39 is 17.4 Å². The van der Waals surface area contributed by atoms with Gasteiger partial charge in [-0.1, -0.05) is 12.2 Å². The first-order chi connectivity index (χ1) is 6.73. The van der Waals surface area contributed by atoms with Crippen molar-refractivity contribution in [1.29, 1.82) is 0 Å². The van der Waals surface area contributed by atoms with E-state index in [0.717, 1.165) is 4.68 Å². The highest BCUT2D eigenvalue weighted by atomic mass is 19.4. The maximum absolute atomic E-state index is 12.5. The van der Waals surface area contributed by atoms with Crippen LogP contribution in [0.4, 0.5) is 13.2 Å². The number of allylic oxidation sites excluding steroid dienone is 1. The Bertz CT molecular complexity index is 439. The minimum atomic E-state index is -4.54. The Balaban J connectivity index is 3.34. The molecular weight excluding hydrogens is 209 g/mol. The van der Waals surface area contributed by atoms with E-state index in [4.69, 9.17) is 0 Å². The Morgan fingerprint density at radius 3 is 2.47 bits per heavy atom. The fraction of sp³-hybridized carbons (Fsp3) is 0.444. The summed E-state index contributed by atoms with van der Waals surface area (Å²) in [6, 6.07) is 0. The smallest absolute Gasteiger partial charge is 0.291 e. The first-order valence-corrected chi connectivity index (χ1v) is 4.23. The Hall–Kier alpha value is -1.46. The van der Waals surface area contributed by atoms with Crippen molar-refractivity contribution in [2.75, 3.05) is 0 Å². The highest BCUT2D eigenvalue weighted by molar-refractivity contribution is 5.24. The minimum Gasteiger partial charge on any atom is -0.291 e. The van der Waals surface area contributed by atoms with E-state index in [1.165, 1.54) is 7.05 Å². The highest BCUT2D eigenvalue weighted by Gasteiger charge is 2.37. The Kier molecular flexibility index (Phi) is 2.79. The highest BCUT2D eigenvalue weighted by Crippen LogP contribution is 2.29. The van der Waals surface area contributed by atoms with E-state index in [0.29, 0.717) is 5.57 Å². The lowest BCUT2D eigenvalue weighted by molar-refractivity contribution is -0.142. The molecule has 0 radical (unpaired) electrons. The second-order valence-corrected chi connectivity index (χ2v) is 3.46. The molecule has 84 valence electrons. The normalized spacial score (nSPS) is 11.8. The lowest BCUT2D eigenvalue weighted by Crippen LogP contribution is -2.16. The summed E-state index contributed by atoms with van der Waals surface area (Å²) in [6.45, 7) is 5.07. The minimum absolute atomic E-state index is 0.0645. The monoisotopic (exact) mass is 220 g/mol. The number of H-pyrrole nitrogens is 1. The summed E-state index contributed by atoms with van der Waals surface area (Å²) in [5.74, 6) is 0. The van der Waals surface area contributed by atoms with Crippen LogP contribution >= 0.6 is 0 Å². The first kappa shape index (κ1) is 11.6. The number of alkyl halides is 3. The van der Waals surface area contributed by atoms with Crippen LogP contribution in [0.15, 0.2) is 16.9 Å². The number of hydrogen-bond donors (Lipinski definition) is 1. The molecule has 1 N–H and O–H groups in total. The van der Waals surface area contributed by atoms with Gasteiger partial charge in [-0.05, 0) is 6.92 Å². The molecule has 0 bridgehead atoms. The van der Waals surface area contributed by atoms with Gasteiger partial charge in [0, 0.05) is 13.5 Å². The quantitative estimate of drug-likeness (QED) is 0.759. The van der Waals surface area contributed by atoms with Crippen LogP contribution in [-0.4, -0.2) is 9.78 Å². The Morgan fingerprint density at radius 2 is 2.07 bits per heavy atom. The van der Waals surface area contributed by atoms with Gasteiger partial charge in [-0.15, -0.1) is 0 Å². The van der Waals surface area contributed by atoms with Gasteiger partial charge < -0.3 is 0 Å². The molecule has 0 saturated carbocycles. The summed E-state index contributed by atoms with van der Waals surface area (Å²) in [5, 5.41) is 2.00. The zero-order valence-electron chi connectivity index (χ0n) is 8.40. The molecular formula is C9H11F3N2O. The summed E-state index contributed by atoms with van der Waals surface area (Å²) >= 11 is 0. The van der Waals surface area contributed by atoms with E-state index in [9.17, 15) is 18.0 Å². The van der Waals surface area contributed by atoms with Crippen LogP contribution in [0.2, 0.25) is 0 Å². The van der Waals surface area contributed by atoms with E-state index in [1.807, 2.05) is 5.10 Å². The molecule has 15 heavy (non-hydrogen) atoms. The van der Waals surface area contributed by atoms with Crippen molar-refractivity contribution in [2.24, 2.45) is 7.05 Å². The molecule has 1 heterocycles. The van der Waals surface area contributed by atoms with Crippen LogP contribution in [0.25, 0.3) is 0 Å². The van der Waals surface area contributed by atoms with Crippen LogP contribution in [0, 0.1) is 0 Å². The molecule has 0 aromatic carbocycles. The molecule has 6 heteroatoms. The number of hydrogen-bond acceptors (Lipinski definition) is 1. The second-order valence-electron chi connectivity index (χ2n) is 3.46. The summed E-state index contributed by atoms with van der Waals surface area (Å²) < 4.78 is 38.3. The van der Waals surface area contributed by atoms with Crippen LogP contribution in [0.5, 0.6) is 0 Å². The molecule has 0 aliphatic heterocycles. The summed E-state index contributed by atoms with van der Waals surface area (Å²) in [5.41, 5.74) is -1.42. The summed E-state index contributed by atoms with van der Waals surface area (Å²) in [7, 11) is 1.25. The van der Waals surface area contributed by atoms with E-state index in [1.54, 1.807) is 6.92 Å². The van der Waals surface area contributed by atoms with E-state index in [2.05, 4.69) is 6.58 Å². The van der Waals surface area contributed by atoms with Gasteiger partial charge in [0.1, 0.15) is 5.69 Å². The molecule has 1 aromatic heterocycles. The maximum Gasteiger partial charge on any atom is 0.433 e. The molecule has 1 rings (SSSR count). The number of nitrogens with one attached hydrogen (secondary N) is 1. The maximum atomic E-state index is 12.5. The number of aromatic nitrogens is 2. The van der Waals surface area contributed by atoms with Crippen molar-refractivity contribution in [1.82, 2.24) is 9.78 Å². The van der Waals surface area contributed by atoms with Crippen LogP contribution in [-0.2, 0) is 19.6 Å². The van der Waals surface area contributed by atoms with Crippen molar-refractivity contribution >= 4 is 0 Å². The van der Waals surface area contributed by atoms with Gasteiger partial charge in [0.05, 0.1) is 5.56 Å². The lowest BCUT2D eigenvalue weighted by atomic mass is 10.1. The molecule has 0 unspecified atom stereocenters. The third kappa shape index (κ3) is 2.31. The third-order valence-corrected chi connectivity index (χ3v) is 1.91. The molecule has 0 fully saturated rings. The zero-order chi connectivity index (χ0) is 11.8. The van der Waals surface area contributed by atoms with Gasteiger partial charge in [0.25, 0.3) is 5.56 Å². The number of nitrogens with zero attached hydrogens (tertiary/aromatic N) is 1. The third-order valence-electron chi connectivity index (χ3n) is 1.91. The number of aryl methyl sites for hydroxylation is 1. The topological polar surface area (TPSA) is 37.8 Å².